The summed E-state index contributed by atoms with van der Waals surface area (Å²) in [6, 6.07) is 6.81. The van der Waals surface area contributed by atoms with E-state index >= 15 is 0 Å². The molecule has 0 bridgehead atoms. The second-order valence-electron chi connectivity index (χ2n) is 7.42. The minimum Gasteiger partial charge on any atom is -0.357 e. The van der Waals surface area contributed by atoms with Crippen LogP contribution in [0.1, 0.15) is 25.0 Å². The molecule has 0 spiro atoms. The molecule has 158 valence electrons. The number of nitrogens with zero attached hydrogens (tertiary/aromatic N) is 4. The zero-order valence-electron chi connectivity index (χ0n) is 17.3. The van der Waals surface area contributed by atoms with Gasteiger partial charge in [0, 0.05) is 39.3 Å². The molecule has 0 saturated carbocycles. The predicted molar refractivity (Wildman–Crippen MR) is 107 cm³/mol. The third-order valence-corrected chi connectivity index (χ3v) is 4.97. The van der Waals surface area contributed by atoms with Crippen molar-refractivity contribution in [2.24, 2.45) is 4.99 Å². The zero-order chi connectivity index (χ0) is 20.7. The number of halogens is 3. The lowest BCUT2D eigenvalue weighted by atomic mass is 10.1. The average Bonchev–Trinajstić information content (AvgIpc) is 2.64. The first-order chi connectivity index (χ1) is 13.2. The molecular weight excluding hydrogens is 367 g/mol. The molecule has 8 heteroatoms. The van der Waals surface area contributed by atoms with Gasteiger partial charge < -0.3 is 15.1 Å². The molecule has 0 amide bonds. The van der Waals surface area contributed by atoms with E-state index < -0.39 is 12.2 Å². The monoisotopic (exact) mass is 399 g/mol. The van der Waals surface area contributed by atoms with Gasteiger partial charge in [0.05, 0.1) is 6.54 Å². The van der Waals surface area contributed by atoms with E-state index in [9.17, 15) is 13.2 Å². The number of aliphatic imine (C=N–C) groups is 1. The van der Waals surface area contributed by atoms with E-state index in [-0.39, 0.29) is 0 Å². The van der Waals surface area contributed by atoms with Gasteiger partial charge in [-0.2, -0.15) is 13.2 Å². The Morgan fingerprint density at radius 2 is 1.75 bits per heavy atom. The molecule has 1 aromatic rings. The molecule has 0 aliphatic carbocycles. The summed E-state index contributed by atoms with van der Waals surface area (Å²) in [4.78, 5) is 10.4. The molecule has 1 fully saturated rings. The first kappa shape index (κ1) is 22.5. The van der Waals surface area contributed by atoms with Gasteiger partial charge in [-0.15, -0.1) is 0 Å². The fourth-order valence-corrected chi connectivity index (χ4v) is 3.32. The Bertz CT molecular complexity index is 637. The van der Waals surface area contributed by atoms with E-state index in [1.807, 2.05) is 33.2 Å². The van der Waals surface area contributed by atoms with Crippen molar-refractivity contribution in [3.05, 3.63) is 35.4 Å². The molecule has 1 unspecified atom stereocenters. The second kappa shape index (κ2) is 10.1. The lowest BCUT2D eigenvalue weighted by Gasteiger charge is -2.39. The maximum atomic E-state index is 13.0. The Kier molecular flexibility index (Phi) is 8.12. The number of piperazine rings is 1. The van der Waals surface area contributed by atoms with Crippen LogP contribution in [0.3, 0.4) is 0 Å². The van der Waals surface area contributed by atoms with Gasteiger partial charge in [-0.05, 0) is 39.1 Å². The number of guanidine groups is 1. The SMILES string of the molecule is CCNC(=NCc1ccccc1CN(C)C)N1CCN(C(C)C(F)(F)F)CC1. The first-order valence-electron chi connectivity index (χ1n) is 9.78. The van der Waals surface area contributed by atoms with Gasteiger partial charge >= 0.3 is 6.18 Å². The summed E-state index contributed by atoms with van der Waals surface area (Å²) >= 11 is 0. The lowest BCUT2D eigenvalue weighted by molar-refractivity contribution is -0.181. The van der Waals surface area contributed by atoms with E-state index in [0.717, 1.165) is 24.6 Å². The summed E-state index contributed by atoms with van der Waals surface area (Å²) in [7, 11) is 4.07. The summed E-state index contributed by atoms with van der Waals surface area (Å²) in [5.41, 5.74) is 2.40. The first-order valence-corrected chi connectivity index (χ1v) is 9.78. The van der Waals surface area contributed by atoms with Crippen LogP contribution in [0.5, 0.6) is 0 Å². The molecule has 1 aliphatic heterocycles. The quantitative estimate of drug-likeness (QED) is 0.589. The Hall–Kier alpha value is -1.80. The summed E-state index contributed by atoms with van der Waals surface area (Å²) in [6.45, 7) is 7.16. The number of alkyl halides is 3. The van der Waals surface area contributed by atoms with Crippen molar-refractivity contribution in [2.75, 3.05) is 46.8 Å². The highest BCUT2D eigenvalue weighted by Crippen LogP contribution is 2.25. The van der Waals surface area contributed by atoms with Crippen molar-refractivity contribution in [1.29, 1.82) is 0 Å². The van der Waals surface area contributed by atoms with Gasteiger partial charge in [0.1, 0.15) is 6.04 Å². The van der Waals surface area contributed by atoms with E-state index in [1.165, 1.54) is 17.4 Å². The van der Waals surface area contributed by atoms with E-state index in [0.29, 0.717) is 32.7 Å². The fourth-order valence-electron chi connectivity index (χ4n) is 3.32. The number of rotatable bonds is 6. The summed E-state index contributed by atoms with van der Waals surface area (Å²) in [5, 5.41) is 3.28. The Morgan fingerprint density at radius 3 is 2.29 bits per heavy atom. The number of benzene rings is 1. The van der Waals surface area contributed by atoms with Crippen LogP contribution in [0.25, 0.3) is 0 Å². The molecule has 5 nitrogen and oxygen atoms in total. The van der Waals surface area contributed by atoms with Gasteiger partial charge in [-0.25, -0.2) is 4.99 Å². The van der Waals surface area contributed by atoms with Crippen LogP contribution >= 0.6 is 0 Å². The summed E-state index contributed by atoms with van der Waals surface area (Å²) in [6.07, 6.45) is -4.18. The Balaban J connectivity index is 2.04. The van der Waals surface area contributed by atoms with E-state index in [2.05, 4.69) is 27.2 Å². The molecule has 1 heterocycles. The molecule has 0 radical (unpaired) electrons. The fraction of sp³-hybridized carbons (Fsp3) is 0.650. The highest BCUT2D eigenvalue weighted by Gasteiger charge is 2.41. The summed E-state index contributed by atoms with van der Waals surface area (Å²) < 4.78 is 38.9. The number of hydrogen-bond donors (Lipinski definition) is 1. The van der Waals surface area contributed by atoms with Crippen LogP contribution < -0.4 is 5.32 Å². The molecule has 1 aromatic carbocycles. The average molecular weight is 400 g/mol. The van der Waals surface area contributed by atoms with Gasteiger partial charge in [0.15, 0.2) is 5.96 Å². The number of nitrogens with one attached hydrogen (secondary N) is 1. The predicted octanol–water partition coefficient (Wildman–Crippen LogP) is 2.78. The minimum absolute atomic E-state index is 0.377. The van der Waals surface area contributed by atoms with Gasteiger partial charge in [-0.1, -0.05) is 24.3 Å². The second-order valence-corrected chi connectivity index (χ2v) is 7.42. The normalized spacial score (nSPS) is 17.9. The maximum Gasteiger partial charge on any atom is 0.403 e. The van der Waals surface area contributed by atoms with Gasteiger partial charge in [0.2, 0.25) is 0 Å². The highest BCUT2D eigenvalue weighted by molar-refractivity contribution is 5.80. The standard InChI is InChI=1S/C20H32F3N5/c1-5-24-19(25-14-17-8-6-7-9-18(17)15-26(3)4)28-12-10-27(11-13-28)16(2)20(21,22)23/h6-9,16H,5,10-15H2,1-4H3,(H,24,25). The Morgan fingerprint density at radius 1 is 1.14 bits per heavy atom. The van der Waals surface area contributed by atoms with Crippen LogP contribution in [-0.2, 0) is 13.1 Å². The summed E-state index contributed by atoms with van der Waals surface area (Å²) in [5.74, 6) is 0.765. The van der Waals surface area contributed by atoms with Gasteiger partial charge in [-0.3, -0.25) is 4.90 Å². The molecule has 2 rings (SSSR count). The van der Waals surface area contributed by atoms with Crippen molar-refractivity contribution in [3.63, 3.8) is 0 Å². The van der Waals surface area contributed by atoms with Crippen molar-refractivity contribution in [3.8, 4) is 0 Å². The molecule has 28 heavy (non-hydrogen) atoms. The maximum absolute atomic E-state index is 13.0. The van der Waals surface area contributed by atoms with Crippen LogP contribution in [0.4, 0.5) is 13.2 Å². The molecule has 1 N–H and O–H groups in total. The molecule has 1 aliphatic rings. The van der Waals surface area contributed by atoms with E-state index in [4.69, 9.17) is 4.99 Å². The minimum atomic E-state index is -4.18. The third-order valence-electron chi connectivity index (χ3n) is 4.97. The molecular formula is C20H32F3N5. The van der Waals surface area contributed by atoms with E-state index in [1.54, 1.807) is 0 Å². The smallest absolute Gasteiger partial charge is 0.357 e. The van der Waals surface area contributed by atoms with Crippen LogP contribution in [0.2, 0.25) is 0 Å². The van der Waals surface area contributed by atoms with Crippen molar-refractivity contribution in [1.82, 2.24) is 20.0 Å². The van der Waals surface area contributed by atoms with Crippen molar-refractivity contribution < 1.29 is 13.2 Å². The van der Waals surface area contributed by atoms with Crippen LogP contribution in [0.15, 0.2) is 29.3 Å². The lowest BCUT2D eigenvalue weighted by Crippen LogP contribution is -2.56. The largest absolute Gasteiger partial charge is 0.403 e. The van der Waals surface area contributed by atoms with Crippen LogP contribution in [0, 0.1) is 0 Å². The van der Waals surface area contributed by atoms with Crippen molar-refractivity contribution >= 4 is 5.96 Å². The number of hydrogen-bond acceptors (Lipinski definition) is 3. The zero-order valence-corrected chi connectivity index (χ0v) is 17.3. The highest BCUT2D eigenvalue weighted by atomic mass is 19.4. The Labute approximate surface area is 166 Å². The third kappa shape index (κ3) is 6.38. The van der Waals surface area contributed by atoms with Crippen molar-refractivity contribution in [2.45, 2.75) is 39.2 Å². The molecule has 0 aromatic heterocycles. The topological polar surface area (TPSA) is 34.1 Å². The van der Waals surface area contributed by atoms with Crippen LogP contribution in [-0.4, -0.2) is 79.7 Å². The molecule has 1 saturated heterocycles. The molecule has 1 atom stereocenters. The van der Waals surface area contributed by atoms with Gasteiger partial charge in [0.25, 0.3) is 0 Å².